The van der Waals surface area contributed by atoms with E-state index in [-0.39, 0.29) is 11.0 Å². The normalized spacial score (nSPS) is 12.8. The second-order valence-corrected chi connectivity index (χ2v) is 7.42. The summed E-state index contributed by atoms with van der Waals surface area (Å²) in [5.41, 5.74) is 11.9. The summed E-state index contributed by atoms with van der Waals surface area (Å²) in [6, 6.07) is 4.63. The van der Waals surface area contributed by atoms with E-state index in [0.29, 0.717) is 0 Å². The Kier molecular flexibility index (Phi) is 4.84. The Hall–Kier alpha value is -0.820. The van der Waals surface area contributed by atoms with Crippen LogP contribution in [0.15, 0.2) is 12.1 Å². The van der Waals surface area contributed by atoms with E-state index < -0.39 is 0 Å². The Morgan fingerprint density at radius 1 is 1.05 bits per heavy atom. The molecular weight excluding hydrogens is 230 g/mol. The van der Waals surface area contributed by atoms with Gasteiger partial charge >= 0.3 is 0 Å². The van der Waals surface area contributed by atoms with Crippen LogP contribution in [0.25, 0.3) is 0 Å². The van der Waals surface area contributed by atoms with E-state index in [9.17, 15) is 0 Å². The highest BCUT2D eigenvalue weighted by atomic mass is 14.7. The average molecular weight is 261 g/mol. The third kappa shape index (κ3) is 4.07. The first-order valence-electron chi connectivity index (χ1n) is 7.50. The van der Waals surface area contributed by atoms with E-state index in [2.05, 4.69) is 60.6 Å². The van der Waals surface area contributed by atoms with Gasteiger partial charge in [-0.15, -0.1) is 0 Å². The lowest BCUT2D eigenvalue weighted by molar-refractivity contribution is 0.505. The number of nitrogens with two attached hydrogens (primary N) is 1. The first-order chi connectivity index (χ1) is 8.57. The molecule has 1 nitrogen and oxygen atoms in total. The maximum atomic E-state index is 6.42. The van der Waals surface area contributed by atoms with Crippen molar-refractivity contribution in [1.82, 2.24) is 0 Å². The van der Waals surface area contributed by atoms with Crippen LogP contribution in [0.3, 0.4) is 0 Å². The van der Waals surface area contributed by atoms with Crippen LogP contribution < -0.4 is 5.73 Å². The molecule has 1 aromatic carbocycles. The molecule has 0 atom stereocenters. The monoisotopic (exact) mass is 261 g/mol. The summed E-state index contributed by atoms with van der Waals surface area (Å²) in [4.78, 5) is 0. The molecule has 0 aliphatic rings. The lowest BCUT2D eigenvalue weighted by atomic mass is 9.74. The number of hydrogen-bond acceptors (Lipinski definition) is 1. The van der Waals surface area contributed by atoms with Crippen LogP contribution in [-0.4, -0.2) is 0 Å². The predicted molar refractivity (Wildman–Crippen MR) is 85.7 cm³/mol. The van der Waals surface area contributed by atoms with Crippen LogP contribution in [-0.2, 0) is 17.4 Å². The highest BCUT2D eigenvalue weighted by Crippen LogP contribution is 2.35. The van der Waals surface area contributed by atoms with Crippen molar-refractivity contribution in [3.63, 3.8) is 0 Å². The molecule has 0 saturated carbocycles. The van der Waals surface area contributed by atoms with Crippen LogP contribution >= 0.6 is 0 Å². The molecule has 0 amide bonds. The van der Waals surface area contributed by atoms with E-state index in [1.165, 1.54) is 35.1 Å². The number of aryl methyl sites for hydroxylation is 2. The summed E-state index contributed by atoms with van der Waals surface area (Å²) < 4.78 is 0. The van der Waals surface area contributed by atoms with Crippen molar-refractivity contribution < 1.29 is 0 Å². The van der Waals surface area contributed by atoms with E-state index in [4.69, 9.17) is 5.73 Å². The Labute approximate surface area is 119 Å². The van der Waals surface area contributed by atoms with Crippen molar-refractivity contribution in [3.8, 4) is 0 Å². The van der Waals surface area contributed by atoms with Crippen LogP contribution in [0.2, 0.25) is 0 Å². The Morgan fingerprint density at radius 2 is 1.63 bits per heavy atom. The van der Waals surface area contributed by atoms with Crippen molar-refractivity contribution in [1.29, 1.82) is 0 Å². The van der Waals surface area contributed by atoms with Crippen molar-refractivity contribution >= 4 is 0 Å². The van der Waals surface area contributed by atoms with Gasteiger partial charge in [-0.3, -0.25) is 0 Å². The van der Waals surface area contributed by atoms with Crippen molar-refractivity contribution in [3.05, 3.63) is 34.4 Å². The molecule has 1 rings (SSSR count). The van der Waals surface area contributed by atoms with Gasteiger partial charge in [0.25, 0.3) is 0 Å². The van der Waals surface area contributed by atoms with Crippen molar-refractivity contribution in [2.45, 2.75) is 78.7 Å². The molecule has 1 aromatic rings. The summed E-state index contributed by atoms with van der Waals surface area (Å²) in [7, 11) is 0. The molecule has 1 heteroatoms. The van der Waals surface area contributed by atoms with Crippen molar-refractivity contribution in [2.24, 2.45) is 5.73 Å². The molecule has 0 radical (unpaired) electrons. The SMILES string of the molecule is CCCCc1cc(C)cc(C(C)(C)N)c1C(C)(C)C. The fraction of sp³-hybridized carbons (Fsp3) is 0.667. The standard InChI is InChI=1S/C18H31N/c1-8-9-10-14-11-13(2)12-15(18(6,7)19)16(14)17(3,4)5/h11-12H,8-10,19H2,1-7H3. The minimum atomic E-state index is -0.282. The Morgan fingerprint density at radius 3 is 2.05 bits per heavy atom. The summed E-state index contributed by atoms with van der Waals surface area (Å²) in [6.07, 6.45) is 3.64. The van der Waals surface area contributed by atoms with Gasteiger partial charge in [-0.1, -0.05) is 51.8 Å². The second kappa shape index (κ2) is 5.66. The highest BCUT2D eigenvalue weighted by Gasteiger charge is 2.28. The maximum Gasteiger partial charge on any atom is 0.0355 e. The molecule has 108 valence electrons. The Bertz CT molecular complexity index is 430. The topological polar surface area (TPSA) is 26.0 Å². The van der Waals surface area contributed by atoms with Gasteiger partial charge in [0.15, 0.2) is 0 Å². The fourth-order valence-electron chi connectivity index (χ4n) is 2.82. The van der Waals surface area contributed by atoms with Gasteiger partial charge in [-0.2, -0.15) is 0 Å². The molecule has 0 aliphatic heterocycles. The molecular formula is C18H31N. The number of rotatable bonds is 4. The summed E-state index contributed by atoms with van der Waals surface area (Å²) >= 11 is 0. The lowest BCUT2D eigenvalue weighted by Crippen LogP contribution is -2.33. The zero-order valence-corrected chi connectivity index (χ0v) is 13.9. The van der Waals surface area contributed by atoms with Crippen LogP contribution in [0, 0.1) is 6.92 Å². The van der Waals surface area contributed by atoms with Crippen LogP contribution in [0.5, 0.6) is 0 Å². The zero-order valence-electron chi connectivity index (χ0n) is 13.9. The summed E-state index contributed by atoms with van der Waals surface area (Å²) in [5, 5.41) is 0. The van der Waals surface area contributed by atoms with Gasteiger partial charge < -0.3 is 5.73 Å². The summed E-state index contributed by atoms with van der Waals surface area (Å²) in [5.74, 6) is 0. The molecule has 0 saturated heterocycles. The molecule has 0 aliphatic carbocycles. The quantitative estimate of drug-likeness (QED) is 0.825. The van der Waals surface area contributed by atoms with Gasteiger partial charge in [0.2, 0.25) is 0 Å². The molecule has 0 heterocycles. The molecule has 0 unspecified atom stereocenters. The maximum absolute atomic E-state index is 6.42. The van der Waals surface area contributed by atoms with Crippen LogP contribution in [0.1, 0.15) is 76.6 Å². The van der Waals surface area contributed by atoms with Crippen LogP contribution in [0.4, 0.5) is 0 Å². The van der Waals surface area contributed by atoms with Gasteiger partial charge in [0.1, 0.15) is 0 Å². The number of unbranched alkanes of at least 4 members (excludes halogenated alkanes) is 1. The first kappa shape index (κ1) is 16.2. The van der Waals surface area contributed by atoms with Crippen molar-refractivity contribution in [2.75, 3.05) is 0 Å². The number of hydrogen-bond donors (Lipinski definition) is 1. The minimum Gasteiger partial charge on any atom is -0.322 e. The molecule has 0 aromatic heterocycles. The lowest BCUT2D eigenvalue weighted by Gasteiger charge is -2.33. The fourth-order valence-corrected chi connectivity index (χ4v) is 2.82. The summed E-state index contributed by atoms with van der Waals surface area (Å²) in [6.45, 7) is 15.5. The third-order valence-corrected chi connectivity index (χ3v) is 3.61. The zero-order chi connectivity index (χ0) is 14.8. The third-order valence-electron chi connectivity index (χ3n) is 3.61. The predicted octanol–water partition coefficient (Wildman–Crippen LogP) is 4.83. The van der Waals surface area contributed by atoms with Gasteiger partial charge in [0, 0.05) is 5.54 Å². The van der Waals surface area contributed by atoms with Gasteiger partial charge in [0.05, 0.1) is 0 Å². The molecule has 2 N–H and O–H groups in total. The number of benzene rings is 1. The van der Waals surface area contributed by atoms with E-state index in [1.54, 1.807) is 0 Å². The largest absolute Gasteiger partial charge is 0.322 e. The Balaban J connectivity index is 3.49. The highest BCUT2D eigenvalue weighted by molar-refractivity contribution is 5.46. The average Bonchev–Trinajstić information content (AvgIpc) is 2.22. The smallest absolute Gasteiger partial charge is 0.0355 e. The molecule has 0 spiro atoms. The minimum absolute atomic E-state index is 0.142. The second-order valence-electron chi connectivity index (χ2n) is 7.42. The van der Waals surface area contributed by atoms with E-state index in [0.717, 1.165) is 6.42 Å². The molecule has 0 bridgehead atoms. The van der Waals surface area contributed by atoms with Gasteiger partial charge in [-0.05, 0) is 55.7 Å². The van der Waals surface area contributed by atoms with E-state index in [1.807, 2.05) is 0 Å². The first-order valence-corrected chi connectivity index (χ1v) is 7.50. The molecule has 0 fully saturated rings. The van der Waals surface area contributed by atoms with Gasteiger partial charge in [-0.25, -0.2) is 0 Å². The molecule has 19 heavy (non-hydrogen) atoms. The van der Waals surface area contributed by atoms with E-state index >= 15 is 0 Å².